The molecule has 1 aromatic rings. The third kappa shape index (κ3) is 0.910. The van der Waals surface area contributed by atoms with Gasteiger partial charge in [-0.25, -0.2) is 0 Å². The molecule has 0 amide bonds. The van der Waals surface area contributed by atoms with Gasteiger partial charge < -0.3 is 5.73 Å². The molecular weight excluding hydrogens is 118 g/mol. The average Bonchev–Trinajstić information content (AvgIpc) is 2.13. The molecule has 0 aliphatic rings. The zero-order valence-electron chi connectivity index (χ0n) is 5.03. The Morgan fingerprint density at radius 2 is 2.56 bits per heavy atom. The second-order valence-electron chi connectivity index (χ2n) is 1.74. The van der Waals surface area contributed by atoms with Crippen molar-refractivity contribution in [3.05, 3.63) is 11.8 Å². The van der Waals surface area contributed by atoms with E-state index in [1.807, 2.05) is 0 Å². The Bertz CT molecular complexity index is 209. The summed E-state index contributed by atoms with van der Waals surface area (Å²) in [6.45, 7) is 0. The normalized spacial score (nSPS) is 9.44. The monoisotopic (exact) mass is 125 g/mol. The van der Waals surface area contributed by atoms with Crippen molar-refractivity contribution in [2.75, 3.05) is 5.73 Å². The molecule has 4 nitrogen and oxygen atoms in total. The zero-order valence-corrected chi connectivity index (χ0v) is 5.03. The highest BCUT2D eigenvalue weighted by Crippen LogP contribution is 2.00. The lowest BCUT2D eigenvalue weighted by atomic mass is 10.5. The van der Waals surface area contributed by atoms with Gasteiger partial charge in [0.25, 0.3) is 0 Å². The first-order chi connectivity index (χ1) is 4.24. The fourth-order valence-electron chi connectivity index (χ4n) is 0.562. The Morgan fingerprint density at radius 1 is 1.89 bits per heavy atom. The number of aldehydes is 1. The summed E-state index contributed by atoms with van der Waals surface area (Å²) in [5, 5.41) is 3.75. The van der Waals surface area contributed by atoms with Crippen molar-refractivity contribution in [2.45, 2.75) is 0 Å². The van der Waals surface area contributed by atoms with Crippen LogP contribution < -0.4 is 5.73 Å². The topological polar surface area (TPSA) is 60.9 Å². The third-order valence-corrected chi connectivity index (χ3v) is 1.06. The first-order valence-corrected chi connectivity index (χ1v) is 2.48. The summed E-state index contributed by atoms with van der Waals surface area (Å²) >= 11 is 0. The van der Waals surface area contributed by atoms with Gasteiger partial charge in [0, 0.05) is 13.1 Å². The first-order valence-electron chi connectivity index (χ1n) is 2.48. The van der Waals surface area contributed by atoms with Crippen LogP contribution in [0.3, 0.4) is 0 Å². The largest absolute Gasteiger partial charge is 0.384 e. The van der Waals surface area contributed by atoms with Gasteiger partial charge in [0.15, 0.2) is 6.29 Å². The van der Waals surface area contributed by atoms with Crippen LogP contribution in [-0.2, 0) is 7.05 Å². The molecule has 0 aliphatic carbocycles. The van der Waals surface area contributed by atoms with Crippen LogP contribution in [0.2, 0.25) is 0 Å². The molecule has 48 valence electrons. The van der Waals surface area contributed by atoms with E-state index in [4.69, 9.17) is 5.73 Å². The van der Waals surface area contributed by atoms with E-state index in [1.54, 1.807) is 7.05 Å². The van der Waals surface area contributed by atoms with Gasteiger partial charge in [0.2, 0.25) is 0 Å². The smallest absolute Gasteiger partial charge is 0.170 e. The van der Waals surface area contributed by atoms with E-state index in [0.717, 1.165) is 0 Å². The maximum absolute atomic E-state index is 10.0. The van der Waals surface area contributed by atoms with Gasteiger partial charge in [-0.15, -0.1) is 0 Å². The van der Waals surface area contributed by atoms with E-state index >= 15 is 0 Å². The van der Waals surface area contributed by atoms with Crippen molar-refractivity contribution in [3.63, 3.8) is 0 Å². The molecule has 2 N–H and O–H groups in total. The molecule has 0 radical (unpaired) electrons. The lowest BCUT2D eigenvalue weighted by Gasteiger charge is -1.87. The van der Waals surface area contributed by atoms with Gasteiger partial charge >= 0.3 is 0 Å². The number of rotatable bonds is 1. The van der Waals surface area contributed by atoms with E-state index in [9.17, 15) is 4.79 Å². The van der Waals surface area contributed by atoms with Crippen molar-refractivity contribution in [3.8, 4) is 0 Å². The Labute approximate surface area is 52.3 Å². The maximum Gasteiger partial charge on any atom is 0.170 e. The predicted octanol–water partition coefficient (Wildman–Crippen LogP) is -0.185. The van der Waals surface area contributed by atoms with Crippen LogP contribution in [0, 0.1) is 0 Å². The molecule has 0 fully saturated rings. The van der Waals surface area contributed by atoms with Gasteiger partial charge in [-0.1, -0.05) is 0 Å². The molecule has 9 heavy (non-hydrogen) atoms. The number of aromatic nitrogens is 2. The average molecular weight is 125 g/mol. The molecule has 0 saturated heterocycles. The molecule has 4 heteroatoms. The number of carbonyl (C=O) groups excluding carboxylic acids is 1. The van der Waals surface area contributed by atoms with Gasteiger partial charge in [0.1, 0.15) is 11.5 Å². The van der Waals surface area contributed by atoms with Gasteiger partial charge in [-0.2, -0.15) is 5.10 Å². The minimum absolute atomic E-state index is 0.370. The molecule has 0 saturated carbocycles. The van der Waals surface area contributed by atoms with Crippen LogP contribution >= 0.6 is 0 Å². The van der Waals surface area contributed by atoms with E-state index in [2.05, 4.69) is 5.10 Å². The number of hydrogen-bond donors (Lipinski definition) is 1. The highest BCUT2D eigenvalue weighted by Gasteiger charge is 1.97. The number of aryl methyl sites for hydroxylation is 1. The van der Waals surface area contributed by atoms with Crippen LogP contribution in [0.15, 0.2) is 6.07 Å². The Hall–Kier alpha value is -1.32. The molecule has 1 rings (SSSR count). The summed E-state index contributed by atoms with van der Waals surface area (Å²) in [5.41, 5.74) is 5.73. The van der Waals surface area contributed by atoms with E-state index in [1.165, 1.54) is 10.7 Å². The minimum atomic E-state index is 0.370. The number of carbonyl (C=O) groups is 1. The van der Waals surface area contributed by atoms with Gasteiger partial charge in [-0.3, -0.25) is 9.48 Å². The SMILES string of the molecule is Cn1nc(C=O)cc1N. The summed E-state index contributed by atoms with van der Waals surface area (Å²) in [4.78, 5) is 10.0. The minimum Gasteiger partial charge on any atom is -0.384 e. The molecule has 0 atom stereocenters. The number of nitrogens with zero attached hydrogens (tertiary/aromatic N) is 2. The zero-order chi connectivity index (χ0) is 6.85. The molecule has 0 aromatic carbocycles. The Kier molecular flexibility index (Phi) is 1.22. The third-order valence-electron chi connectivity index (χ3n) is 1.06. The highest BCUT2D eigenvalue weighted by atomic mass is 16.1. The fourth-order valence-corrected chi connectivity index (χ4v) is 0.562. The molecule has 1 aromatic heterocycles. The van der Waals surface area contributed by atoms with Gasteiger partial charge in [-0.05, 0) is 0 Å². The molecule has 1 heterocycles. The second-order valence-corrected chi connectivity index (χ2v) is 1.74. The maximum atomic E-state index is 10.0. The number of anilines is 1. The highest BCUT2D eigenvalue weighted by molar-refractivity contribution is 5.73. The number of nitrogens with two attached hydrogens (primary N) is 1. The van der Waals surface area contributed by atoms with Gasteiger partial charge in [0.05, 0.1) is 0 Å². The molecule has 0 spiro atoms. The van der Waals surface area contributed by atoms with E-state index in [-0.39, 0.29) is 0 Å². The second kappa shape index (κ2) is 1.89. The van der Waals surface area contributed by atoms with E-state index < -0.39 is 0 Å². The molecule has 0 unspecified atom stereocenters. The lowest BCUT2D eigenvalue weighted by molar-refractivity contribution is 0.111. The lowest BCUT2D eigenvalue weighted by Crippen LogP contribution is -1.96. The summed E-state index contributed by atoms with van der Waals surface area (Å²) in [7, 11) is 1.68. The summed E-state index contributed by atoms with van der Waals surface area (Å²) in [6.07, 6.45) is 0.663. The standard InChI is InChI=1S/C5H7N3O/c1-8-5(6)2-4(3-9)7-8/h2-3H,6H2,1H3. The van der Waals surface area contributed by atoms with Crippen molar-refractivity contribution in [1.29, 1.82) is 0 Å². The van der Waals surface area contributed by atoms with Crippen molar-refractivity contribution >= 4 is 12.1 Å². The number of nitrogen functional groups attached to an aromatic ring is 1. The molecular formula is C5H7N3O. The quantitative estimate of drug-likeness (QED) is 0.529. The fraction of sp³-hybridized carbons (Fsp3) is 0.200. The van der Waals surface area contributed by atoms with Crippen molar-refractivity contribution in [2.24, 2.45) is 7.05 Å². The van der Waals surface area contributed by atoms with Crippen LogP contribution in [0.5, 0.6) is 0 Å². The van der Waals surface area contributed by atoms with Crippen molar-refractivity contribution < 1.29 is 4.79 Å². The van der Waals surface area contributed by atoms with Crippen LogP contribution in [0.1, 0.15) is 10.5 Å². The molecule has 0 bridgehead atoms. The summed E-state index contributed by atoms with van der Waals surface area (Å²) < 4.78 is 1.45. The van der Waals surface area contributed by atoms with Crippen LogP contribution in [-0.4, -0.2) is 16.1 Å². The predicted molar refractivity (Wildman–Crippen MR) is 33.0 cm³/mol. The van der Waals surface area contributed by atoms with E-state index in [0.29, 0.717) is 17.8 Å². The van der Waals surface area contributed by atoms with Crippen LogP contribution in [0.25, 0.3) is 0 Å². The van der Waals surface area contributed by atoms with Crippen molar-refractivity contribution in [1.82, 2.24) is 9.78 Å². The Balaban J connectivity index is 3.11. The Morgan fingerprint density at radius 3 is 2.78 bits per heavy atom. The molecule has 0 aliphatic heterocycles. The first kappa shape index (κ1) is 5.81. The summed E-state index contributed by atoms with van der Waals surface area (Å²) in [5.74, 6) is 0.497. The van der Waals surface area contributed by atoms with Crippen LogP contribution in [0.4, 0.5) is 5.82 Å². The number of hydrogen-bond acceptors (Lipinski definition) is 3. The summed E-state index contributed by atoms with van der Waals surface area (Å²) in [6, 6.07) is 1.52.